The van der Waals surface area contributed by atoms with Crippen LogP contribution in [0.5, 0.6) is 0 Å². The molecule has 30 heavy (non-hydrogen) atoms. The van der Waals surface area contributed by atoms with Crippen molar-refractivity contribution in [3.63, 3.8) is 0 Å². The van der Waals surface area contributed by atoms with Crippen LogP contribution in [0.25, 0.3) is 0 Å². The van der Waals surface area contributed by atoms with Crippen molar-refractivity contribution in [3.8, 4) is 0 Å². The Morgan fingerprint density at radius 1 is 1.00 bits per heavy atom. The second-order valence-corrected chi connectivity index (χ2v) is 8.29. The molecular weight excluding hydrogens is 447 g/mol. The summed E-state index contributed by atoms with van der Waals surface area (Å²) in [6, 6.07) is 12.8. The van der Waals surface area contributed by atoms with Gasteiger partial charge in [0, 0.05) is 18.1 Å². The summed E-state index contributed by atoms with van der Waals surface area (Å²) in [5, 5.41) is 14.5. The van der Waals surface area contributed by atoms with E-state index in [9.17, 15) is 14.7 Å². The maximum absolute atomic E-state index is 12.4. The zero-order valence-corrected chi connectivity index (χ0v) is 18.4. The van der Waals surface area contributed by atoms with E-state index < -0.39 is 17.6 Å². The van der Waals surface area contributed by atoms with E-state index >= 15 is 0 Å². The fraction of sp³-hybridized carbons (Fsp3) is 0.273. The van der Waals surface area contributed by atoms with Crippen LogP contribution in [-0.4, -0.2) is 41.5 Å². The fourth-order valence-electron chi connectivity index (χ4n) is 3.19. The Morgan fingerprint density at radius 3 is 2.40 bits per heavy atom. The molecule has 158 valence electrons. The standard InChI is InChI=1S/C22H21Cl3N2O3/c23-16-6-3-14(4-7-16)9-11-27-13-17(20(28)22(27)30)21(29)26-10-1-2-15-5-8-18(24)19(25)12-15/h3-8,12,28H,1-2,9-11,13H2,(H,26,29). The number of nitrogens with one attached hydrogen (secondary N) is 1. The lowest BCUT2D eigenvalue weighted by atomic mass is 10.1. The minimum atomic E-state index is -0.523. The van der Waals surface area contributed by atoms with Gasteiger partial charge >= 0.3 is 0 Å². The molecule has 1 aliphatic heterocycles. The summed E-state index contributed by atoms with van der Waals surface area (Å²) in [4.78, 5) is 26.1. The van der Waals surface area contributed by atoms with Crippen molar-refractivity contribution in [1.29, 1.82) is 0 Å². The predicted octanol–water partition coefficient (Wildman–Crippen LogP) is 4.59. The van der Waals surface area contributed by atoms with Crippen LogP contribution in [0.4, 0.5) is 0 Å². The molecule has 5 nitrogen and oxygen atoms in total. The van der Waals surface area contributed by atoms with E-state index in [4.69, 9.17) is 34.8 Å². The van der Waals surface area contributed by atoms with Crippen LogP contribution in [0.15, 0.2) is 53.8 Å². The monoisotopic (exact) mass is 466 g/mol. The summed E-state index contributed by atoms with van der Waals surface area (Å²) in [5.74, 6) is -1.43. The van der Waals surface area contributed by atoms with Gasteiger partial charge in [-0.3, -0.25) is 9.59 Å². The SMILES string of the molecule is O=C(NCCCc1ccc(Cl)c(Cl)c1)C1=C(O)C(=O)N(CCc2ccc(Cl)cc2)C1. The third kappa shape index (κ3) is 5.69. The smallest absolute Gasteiger partial charge is 0.289 e. The van der Waals surface area contributed by atoms with Crippen molar-refractivity contribution >= 4 is 46.6 Å². The van der Waals surface area contributed by atoms with E-state index in [-0.39, 0.29) is 12.1 Å². The first-order valence-corrected chi connectivity index (χ1v) is 10.7. The molecule has 0 radical (unpaired) electrons. The highest BCUT2D eigenvalue weighted by Crippen LogP contribution is 2.23. The molecule has 2 amide bonds. The molecule has 2 aromatic carbocycles. The van der Waals surface area contributed by atoms with Crippen molar-refractivity contribution in [2.75, 3.05) is 19.6 Å². The van der Waals surface area contributed by atoms with Crippen LogP contribution in [0.2, 0.25) is 15.1 Å². The first kappa shape index (κ1) is 22.5. The third-order valence-electron chi connectivity index (χ3n) is 4.89. The van der Waals surface area contributed by atoms with Crippen molar-refractivity contribution in [2.24, 2.45) is 0 Å². The van der Waals surface area contributed by atoms with E-state index in [1.54, 1.807) is 24.3 Å². The molecule has 2 aromatic rings. The molecule has 0 aliphatic carbocycles. The number of aryl methyl sites for hydroxylation is 1. The van der Waals surface area contributed by atoms with Crippen LogP contribution >= 0.6 is 34.8 Å². The average Bonchev–Trinajstić information content (AvgIpc) is 3.02. The Labute approximate surface area is 190 Å². The molecule has 1 heterocycles. The van der Waals surface area contributed by atoms with Gasteiger partial charge in [0.25, 0.3) is 11.8 Å². The van der Waals surface area contributed by atoms with Crippen LogP contribution in [-0.2, 0) is 22.4 Å². The summed E-state index contributed by atoms with van der Waals surface area (Å²) in [7, 11) is 0. The number of amides is 2. The molecule has 0 spiro atoms. The van der Waals surface area contributed by atoms with Gasteiger partial charge in [0.05, 0.1) is 22.2 Å². The molecule has 8 heteroatoms. The van der Waals surface area contributed by atoms with E-state index in [1.165, 1.54) is 4.90 Å². The molecule has 2 N–H and O–H groups in total. The first-order chi connectivity index (χ1) is 14.3. The number of hydrogen-bond acceptors (Lipinski definition) is 3. The summed E-state index contributed by atoms with van der Waals surface area (Å²) in [6.07, 6.45) is 2.01. The summed E-state index contributed by atoms with van der Waals surface area (Å²) < 4.78 is 0. The molecule has 0 saturated carbocycles. The molecule has 0 bridgehead atoms. The number of carbonyl (C=O) groups is 2. The number of benzene rings is 2. The van der Waals surface area contributed by atoms with Crippen molar-refractivity contribution in [3.05, 3.63) is 80.0 Å². The highest BCUT2D eigenvalue weighted by atomic mass is 35.5. The van der Waals surface area contributed by atoms with Gasteiger partial charge in [0.15, 0.2) is 5.76 Å². The van der Waals surface area contributed by atoms with Crippen LogP contribution in [0.1, 0.15) is 17.5 Å². The number of aliphatic hydroxyl groups excluding tert-OH is 1. The Balaban J connectivity index is 1.46. The van der Waals surface area contributed by atoms with Gasteiger partial charge in [-0.2, -0.15) is 0 Å². The Bertz CT molecular complexity index is 974. The largest absolute Gasteiger partial charge is 0.503 e. The van der Waals surface area contributed by atoms with Gasteiger partial charge < -0.3 is 15.3 Å². The normalized spacial score (nSPS) is 13.8. The highest BCUT2D eigenvalue weighted by molar-refractivity contribution is 6.42. The Kier molecular flexibility index (Phi) is 7.64. The second-order valence-electron chi connectivity index (χ2n) is 7.04. The summed E-state index contributed by atoms with van der Waals surface area (Å²) in [5.41, 5.74) is 2.14. The fourth-order valence-corrected chi connectivity index (χ4v) is 3.63. The highest BCUT2D eigenvalue weighted by Gasteiger charge is 2.33. The van der Waals surface area contributed by atoms with Gasteiger partial charge in [-0.15, -0.1) is 0 Å². The minimum Gasteiger partial charge on any atom is -0.503 e. The summed E-state index contributed by atoms with van der Waals surface area (Å²) in [6.45, 7) is 0.907. The Hall–Kier alpha value is -2.21. The third-order valence-corrected chi connectivity index (χ3v) is 5.89. The van der Waals surface area contributed by atoms with Gasteiger partial charge in [0.1, 0.15) is 0 Å². The maximum Gasteiger partial charge on any atom is 0.289 e. The van der Waals surface area contributed by atoms with Gasteiger partial charge in [-0.25, -0.2) is 0 Å². The van der Waals surface area contributed by atoms with Gasteiger partial charge in [-0.1, -0.05) is 53.0 Å². The van der Waals surface area contributed by atoms with Gasteiger partial charge in [-0.05, 0) is 54.7 Å². The first-order valence-electron chi connectivity index (χ1n) is 9.53. The molecule has 0 unspecified atom stereocenters. The van der Waals surface area contributed by atoms with Gasteiger partial charge in [0.2, 0.25) is 0 Å². The van der Waals surface area contributed by atoms with E-state index in [0.29, 0.717) is 47.4 Å². The van der Waals surface area contributed by atoms with E-state index in [1.807, 2.05) is 18.2 Å². The Morgan fingerprint density at radius 2 is 1.70 bits per heavy atom. The van der Waals surface area contributed by atoms with E-state index in [0.717, 1.165) is 11.1 Å². The van der Waals surface area contributed by atoms with Crippen LogP contribution in [0, 0.1) is 0 Å². The minimum absolute atomic E-state index is 0.0941. The van der Waals surface area contributed by atoms with Crippen molar-refractivity contribution in [1.82, 2.24) is 10.2 Å². The van der Waals surface area contributed by atoms with Crippen LogP contribution in [0.3, 0.4) is 0 Å². The number of hydrogen-bond donors (Lipinski definition) is 2. The quantitative estimate of drug-likeness (QED) is 0.558. The number of nitrogens with zero attached hydrogens (tertiary/aromatic N) is 1. The van der Waals surface area contributed by atoms with Crippen molar-refractivity contribution in [2.45, 2.75) is 19.3 Å². The second kappa shape index (κ2) is 10.2. The molecule has 0 atom stereocenters. The number of carbonyl (C=O) groups excluding carboxylic acids is 2. The molecule has 0 fully saturated rings. The van der Waals surface area contributed by atoms with Crippen LogP contribution < -0.4 is 5.32 Å². The lowest BCUT2D eigenvalue weighted by Gasteiger charge is -2.16. The molecular formula is C22H21Cl3N2O3. The average molecular weight is 468 g/mol. The lowest BCUT2D eigenvalue weighted by molar-refractivity contribution is -0.127. The summed E-state index contributed by atoms with van der Waals surface area (Å²) >= 11 is 17.8. The molecule has 1 aliphatic rings. The zero-order valence-electron chi connectivity index (χ0n) is 16.1. The molecule has 0 aromatic heterocycles. The topological polar surface area (TPSA) is 69.6 Å². The number of rotatable bonds is 8. The zero-order chi connectivity index (χ0) is 21.7. The molecule has 3 rings (SSSR count). The number of halogens is 3. The predicted molar refractivity (Wildman–Crippen MR) is 119 cm³/mol. The van der Waals surface area contributed by atoms with Crippen molar-refractivity contribution < 1.29 is 14.7 Å². The van der Waals surface area contributed by atoms with E-state index in [2.05, 4.69) is 5.32 Å². The number of aliphatic hydroxyl groups is 1. The lowest BCUT2D eigenvalue weighted by Crippen LogP contribution is -2.32. The maximum atomic E-state index is 12.4. The molecule has 0 saturated heterocycles.